The Morgan fingerprint density at radius 1 is 1.09 bits per heavy atom. The minimum Gasteiger partial charge on any atom is -0.507 e. The van der Waals surface area contributed by atoms with Gasteiger partial charge < -0.3 is 24.7 Å². The molecule has 7 nitrogen and oxygen atoms in total. The number of phenolic OH excluding ortho intramolecular Hbond substituents is 1. The zero-order chi connectivity index (χ0) is 24.8. The fourth-order valence-corrected chi connectivity index (χ4v) is 4.39. The van der Waals surface area contributed by atoms with Crippen LogP contribution in [0.5, 0.6) is 11.5 Å². The molecule has 0 unspecified atom stereocenters. The second-order valence-electron chi connectivity index (χ2n) is 8.40. The number of aliphatic hydroxyl groups excluding tert-OH is 1. The molecule has 1 fully saturated rings. The molecule has 0 radical (unpaired) electrons. The summed E-state index contributed by atoms with van der Waals surface area (Å²) in [6.45, 7) is 11.3. The van der Waals surface area contributed by atoms with Crippen molar-refractivity contribution < 1.29 is 24.5 Å². The van der Waals surface area contributed by atoms with Crippen molar-refractivity contribution >= 4 is 17.4 Å². The van der Waals surface area contributed by atoms with E-state index in [-0.39, 0.29) is 22.6 Å². The molecule has 2 N–H and O–H groups in total. The molecule has 1 saturated heterocycles. The van der Waals surface area contributed by atoms with Gasteiger partial charge in [0.05, 0.1) is 23.8 Å². The van der Waals surface area contributed by atoms with Crippen LogP contribution in [0.25, 0.3) is 5.76 Å². The number of rotatable bonds is 10. The van der Waals surface area contributed by atoms with Crippen molar-refractivity contribution in [3.05, 3.63) is 64.7 Å². The monoisotopic (exact) mass is 466 g/mol. The van der Waals surface area contributed by atoms with Gasteiger partial charge in [-0.2, -0.15) is 0 Å². The summed E-state index contributed by atoms with van der Waals surface area (Å²) < 4.78 is 5.64. The number of ketones is 1. The Hall–Kier alpha value is -3.32. The Morgan fingerprint density at radius 2 is 1.82 bits per heavy atom. The van der Waals surface area contributed by atoms with E-state index in [2.05, 4.69) is 18.7 Å². The number of carbonyl (C=O) groups excluding carboxylic acids is 2. The van der Waals surface area contributed by atoms with Crippen molar-refractivity contribution in [2.45, 2.75) is 40.2 Å². The van der Waals surface area contributed by atoms with E-state index < -0.39 is 17.7 Å². The maximum atomic E-state index is 13.2. The standard InChI is InChI=1S/C27H34N2O5/c1-5-28(6-2)14-9-15-29-24(19-10-8-11-20(17-19)34-7-3)23(26(32)27(29)33)25(31)21-16-18(4)12-13-22(21)30/h8,10-13,16-17,24,30-31H,5-7,9,14-15H2,1-4H3/t24-/m0/s1. The predicted molar refractivity (Wildman–Crippen MR) is 132 cm³/mol. The van der Waals surface area contributed by atoms with Crippen LogP contribution in [-0.2, 0) is 9.59 Å². The Balaban J connectivity index is 2.09. The van der Waals surface area contributed by atoms with Crippen molar-refractivity contribution in [3.63, 3.8) is 0 Å². The number of aryl methyl sites for hydroxylation is 1. The molecule has 1 amide bonds. The number of hydrogen-bond acceptors (Lipinski definition) is 6. The third-order valence-corrected chi connectivity index (χ3v) is 6.20. The van der Waals surface area contributed by atoms with Gasteiger partial charge in [0.2, 0.25) is 0 Å². The molecule has 1 atom stereocenters. The maximum absolute atomic E-state index is 13.2. The number of amides is 1. The second-order valence-corrected chi connectivity index (χ2v) is 8.40. The molecule has 0 saturated carbocycles. The summed E-state index contributed by atoms with van der Waals surface area (Å²) in [5, 5.41) is 21.6. The molecule has 0 aliphatic carbocycles. The Labute approximate surface area is 201 Å². The zero-order valence-electron chi connectivity index (χ0n) is 20.4. The Bertz CT molecular complexity index is 1070. The van der Waals surface area contributed by atoms with E-state index in [4.69, 9.17) is 4.74 Å². The minimum absolute atomic E-state index is 0.0256. The van der Waals surface area contributed by atoms with Gasteiger partial charge in [0, 0.05) is 6.54 Å². The largest absolute Gasteiger partial charge is 0.507 e. The van der Waals surface area contributed by atoms with Crippen LogP contribution < -0.4 is 4.74 Å². The van der Waals surface area contributed by atoms with Crippen LogP contribution in [-0.4, -0.2) is 64.5 Å². The molecule has 7 heteroatoms. The van der Waals surface area contributed by atoms with E-state index in [9.17, 15) is 19.8 Å². The predicted octanol–water partition coefficient (Wildman–Crippen LogP) is 4.25. The minimum atomic E-state index is -0.781. The van der Waals surface area contributed by atoms with Crippen LogP contribution in [0.2, 0.25) is 0 Å². The van der Waals surface area contributed by atoms with Crippen LogP contribution in [0, 0.1) is 6.92 Å². The quantitative estimate of drug-likeness (QED) is 0.309. The topological polar surface area (TPSA) is 90.3 Å². The van der Waals surface area contributed by atoms with Gasteiger partial charge in [-0.1, -0.05) is 37.6 Å². The molecular formula is C27H34N2O5. The highest BCUT2D eigenvalue weighted by Gasteiger charge is 2.46. The molecule has 1 aliphatic rings. The van der Waals surface area contributed by atoms with Gasteiger partial charge in [-0.05, 0) is 69.7 Å². The molecular weight excluding hydrogens is 432 g/mol. The third-order valence-electron chi connectivity index (χ3n) is 6.20. The molecule has 0 aromatic heterocycles. The number of aromatic hydroxyl groups is 1. The number of hydrogen-bond donors (Lipinski definition) is 2. The third kappa shape index (κ3) is 5.25. The molecule has 0 bridgehead atoms. The number of phenols is 1. The molecule has 2 aromatic carbocycles. The number of aliphatic hydroxyl groups is 1. The van der Waals surface area contributed by atoms with Crippen LogP contribution in [0.3, 0.4) is 0 Å². The lowest BCUT2D eigenvalue weighted by molar-refractivity contribution is -0.140. The normalized spacial score (nSPS) is 17.6. The van der Waals surface area contributed by atoms with E-state index in [1.807, 2.05) is 26.0 Å². The summed E-state index contributed by atoms with van der Waals surface area (Å²) in [5.74, 6) is -1.32. The van der Waals surface area contributed by atoms with Crippen molar-refractivity contribution in [2.24, 2.45) is 0 Å². The first-order chi connectivity index (χ1) is 16.3. The van der Waals surface area contributed by atoms with Gasteiger partial charge in [-0.25, -0.2) is 0 Å². The van der Waals surface area contributed by atoms with Gasteiger partial charge in [0.1, 0.15) is 17.3 Å². The average Bonchev–Trinajstić information content (AvgIpc) is 3.08. The highest BCUT2D eigenvalue weighted by Crippen LogP contribution is 2.41. The molecule has 2 aromatic rings. The van der Waals surface area contributed by atoms with E-state index in [1.165, 1.54) is 11.0 Å². The van der Waals surface area contributed by atoms with E-state index >= 15 is 0 Å². The highest BCUT2D eigenvalue weighted by atomic mass is 16.5. The fourth-order valence-electron chi connectivity index (χ4n) is 4.39. The molecule has 1 aliphatic heterocycles. The lowest BCUT2D eigenvalue weighted by atomic mass is 9.94. The zero-order valence-corrected chi connectivity index (χ0v) is 20.4. The second kappa shape index (κ2) is 11.2. The number of likely N-dealkylation sites (tertiary alicyclic amines) is 1. The van der Waals surface area contributed by atoms with Crippen LogP contribution >= 0.6 is 0 Å². The summed E-state index contributed by atoms with van der Waals surface area (Å²) in [7, 11) is 0. The Kier molecular flexibility index (Phi) is 8.34. The number of Topliss-reactive ketones (excluding diaryl/α,β-unsaturated/α-hetero) is 1. The van der Waals surface area contributed by atoms with E-state index in [0.29, 0.717) is 30.9 Å². The average molecular weight is 467 g/mol. The maximum Gasteiger partial charge on any atom is 0.295 e. The van der Waals surface area contributed by atoms with Gasteiger partial charge in [0.25, 0.3) is 11.7 Å². The first-order valence-electron chi connectivity index (χ1n) is 11.9. The molecule has 0 spiro atoms. The van der Waals surface area contributed by atoms with Crippen LogP contribution in [0.1, 0.15) is 49.9 Å². The number of ether oxygens (including phenoxy) is 1. The van der Waals surface area contributed by atoms with Crippen LogP contribution in [0.15, 0.2) is 48.0 Å². The van der Waals surface area contributed by atoms with E-state index in [0.717, 1.165) is 25.2 Å². The van der Waals surface area contributed by atoms with Crippen molar-refractivity contribution in [1.29, 1.82) is 0 Å². The molecule has 182 valence electrons. The number of carbonyl (C=O) groups is 2. The summed E-state index contributed by atoms with van der Waals surface area (Å²) in [6, 6.07) is 11.2. The van der Waals surface area contributed by atoms with Crippen molar-refractivity contribution in [1.82, 2.24) is 9.80 Å². The van der Waals surface area contributed by atoms with E-state index in [1.54, 1.807) is 24.3 Å². The lowest BCUT2D eigenvalue weighted by Crippen LogP contribution is -2.33. The smallest absolute Gasteiger partial charge is 0.295 e. The first-order valence-corrected chi connectivity index (χ1v) is 11.9. The molecule has 1 heterocycles. The lowest BCUT2D eigenvalue weighted by Gasteiger charge is -2.27. The highest BCUT2D eigenvalue weighted by molar-refractivity contribution is 6.46. The number of nitrogens with zero attached hydrogens (tertiary/aromatic N) is 2. The van der Waals surface area contributed by atoms with Gasteiger partial charge in [-0.15, -0.1) is 0 Å². The first kappa shape index (κ1) is 25.3. The summed E-state index contributed by atoms with van der Waals surface area (Å²) >= 11 is 0. The summed E-state index contributed by atoms with van der Waals surface area (Å²) in [6.07, 6.45) is 0.687. The van der Waals surface area contributed by atoms with Gasteiger partial charge in [0.15, 0.2) is 0 Å². The Morgan fingerprint density at radius 3 is 2.50 bits per heavy atom. The SMILES string of the molecule is CCOc1cccc([C@H]2C(=C(O)c3cc(C)ccc3O)C(=O)C(=O)N2CCCN(CC)CC)c1. The summed E-state index contributed by atoms with van der Waals surface area (Å²) in [4.78, 5) is 30.1. The van der Waals surface area contributed by atoms with Crippen molar-refractivity contribution in [3.8, 4) is 11.5 Å². The van der Waals surface area contributed by atoms with Crippen LogP contribution in [0.4, 0.5) is 0 Å². The summed E-state index contributed by atoms with van der Waals surface area (Å²) in [5.41, 5.74) is 1.58. The van der Waals surface area contributed by atoms with Crippen molar-refractivity contribution in [2.75, 3.05) is 32.8 Å². The number of benzene rings is 2. The van der Waals surface area contributed by atoms with Gasteiger partial charge >= 0.3 is 0 Å². The molecule has 34 heavy (non-hydrogen) atoms. The fraction of sp³-hybridized carbons (Fsp3) is 0.407. The van der Waals surface area contributed by atoms with Gasteiger partial charge in [-0.3, -0.25) is 9.59 Å². The molecule has 3 rings (SSSR count).